The van der Waals surface area contributed by atoms with Crippen molar-refractivity contribution in [2.45, 2.75) is 18.9 Å². The van der Waals surface area contributed by atoms with E-state index >= 15 is 0 Å². The minimum atomic E-state index is 0.00187. The summed E-state index contributed by atoms with van der Waals surface area (Å²) in [6.45, 7) is 3.47. The van der Waals surface area contributed by atoms with Crippen molar-refractivity contribution < 1.29 is 9.53 Å². The van der Waals surface area contributed by atoms with E-state index in [1.54, 1.807) is 0 Å². The topological polar surface area (TPSA) is 41.6 Å². The fourth-order valence-electron chi connectivity index (χ4n) is 2.99. The van der Waals surface area contributed by atoms with Crippen LogP contribution < -0.4 is 10.1 Å². The third-order valence-electron chi connectivity index (χ3n) is 4.52. The number of ether oxygens (including phenoxy) is 1. The summed E-state index contributed by atoms with van der Waals surface area (Å²) in [5.41, 5.74) is 0.701. The molecule has 1 aliphatic rings. The highest BCUT2D eigenvalue weighted by molar-refractivity contribution is 9.10. The number of carbonyl (C=O) groups is 1. The molecular formula is C20H22BrClN2O2. The molecule has 3 rings (SSSR count). The van der Waals surface area contributed by atoms with Crippen LogP contribution in [0.5, 0.6) is 5.75 Å². The van der Waals surface area contributed by atoms with Crippen LogP contribution in [0.4, 0.5) is 0 Å². The van der Waals surface area contributed by atoms with Crippen molar-refractivity contribution in [1.82, 2.24) is 10.2 Å². The largest absolute Gasteiger partial charge is 0.492 e. The first-order chi connectivity index (χ1) is 12.6. The van der Waals surface area contributed by atoms with Crippen molar-refractivity contribution >= 4 is 33.4 Å². The number of rotatable bonds is 6. The minimum absolute atomic E-state index is 0.00187. The van der Waals surface area contributed by atoms with Crippen LogP contribution in [0.25, 0.3) is 0 Å². The van der Waals surface area contributed by atoms with Crippen LogP contribution in [-0.2, 0) is 0 Å². The second-order valence-corrected chi connectivity index (χ2v) is 7.75. The van der Waals surface area contributed by atoms with Crippen LogP contribution in [0.15, 0.2) is 53.0 Å². The summed E-state index contributed by atoms with van der Waals surface area (Å²) >= 11 is 9.25. The maximum absolute atomic E-state index is 12.3. The SMILES string of the molecule is O=C(NC1CCN(CCOc2ccc(Cl)cc2)CC1)c1ccc(Br)cc1. The molecule has 1 saturated heterocycles. The molecule has 1 N–H and O–H groups in total. The monoisotopic (exact) mass is 436 g/mol. The highest BCUT2D eigenvalue weighted by atomic mass is 79.9. The Balaban J connectivity index is 1.36. The van der Waals surface area contributed by atoms with Gasteiger partial charge < -0.3 is 10.1 Å². The number of hydrogen-bond donors (Lipinski definition) is 1. The van der Waals surface area contributed by atoms with Gasteiger partial charge in [0.25, 0.3) is 5.91 Å². The van der Waals surface area contributed by atoms with Gasteiger partial charge in [-0.2, -0.15) is 0 Å². The Labute approximate surface area is 167 Å². The standard InChI is InChI=1S/C20H22BrClN2O2/c21-16-3-1-15(2-4-16)20(25)23-18-9-11-24(12-10-18)13-14-26-19-7-5-17(22)6-8-19/h1-8,18H,9-14H2,(H,23,25). The zero-order chi connectivity index (χ0) is 18.4. The second kappa shape index (κ2) is 9.40. The lowest BCUT2D eigenvalue weighted by Crippen LogP contribution is -2.45. The van der Waals surface area contributed by atoms with Gasteiger partial charge in [0.15, 0.2) is 0 Å². The van der Waals surface area contributed by atoms with E-state index in [9.17, 15) is 4.79 Å². The maximum atomic E-state index is 12.3. The predicted molar refractivity (Wildman–Crippen MR) is 108 cm³/mol. The Morgan fingerprint density at radius 3 is 2.42 bits per heavy atom. The smallest absolute Gasteiger partial charge is 0.251 e. The first-order valence-corrected chi connectivity index (χ1v) is 9.94. The average Bonchev–Trinajstić information content (AvgIpc) is 2.65. The number of nitrogens with zero attached hydrogens (tertiary/aromatic N) is 1. The zero-order valence-corrected chi connectivity index (χ0v) is 16.8. The van der Waals surface area contributed by atoms with E-state index in [-0.39, 0.29) is 11.9 Å². The molecule has 0 aromatic heterocycles. The summed E-state index contributed by atoms with van der Waals surface area (Å²) in [5.74, 6) is 0.841. The molecule has 0 saturated carbocycles. The highest BCUT2D eigenvalue weighted by Gasteiger charge is 2.21. The van der Waals surface area contributed by atoms with Gasteiger partial charge in [0, 0.05) is 40.7 Å². The number of nitrogens with one attached hydrogen (secondary N) is 1. The predicted octanol–water partition coefficient (Wildman–Crippen LogP) is 4.38. The van der Waals surface area contributed by atoms with Crippen LogP contribution in [-0.4, -0.2) is 43.1 Å². The van der Waals surface area contributed by atoms with E-state index < -0.39 is 0 Å². The lowest BCUT2D eigenvalue weighted by Gasteiger charge is -2.32. The third-order valence-corrected chi connectivity index (χ3v) is 5.30. The van der Waals surface area contributed by atoms with Gasteiger partial charge in [-0.15, -0.1) is 0 Å². The van der Waals surface area contributed by atoms with E-state index in [0.717, 1.165) is 42.7 Å². The lowest BCUT2D eigenvalue weighted by atomic mass is 10.0. The summed E-state index contributed by atoms with van der Waals surface area (Å²) in [6, 6.07) is 15.1. The first kappa shape index (κ1) is 19.2. The maximum Gasteiger partial charge on any atom is 0.251 e. The van der Waals surface area contributed by atoms with E-state index in [4.69, 9.17) is 16.3 Å². The number of piperidine rings is 1. The summed E-state index contributed by atoms with van der Waals surface area (Å²) < 4.78 is 6.72. The van der Waals surface area contributed by atoms with Crippen molar-refractivity contribution in [3.8, 4) is 5.75 Å². The van der Waals surface area contributed by atoms with Gasteiger partial charge in [-0.25, -0.2) is 0 Å². The molecule has 0 radical (unpaired) electrons. The average molecular weight is 438 g/mol. The minimum Gasteiger partial charge on any atom is -0.492 e. The lowest BCUT2D eigenvalue weighted by molar-refractivity contribution is 0.0905. The Hall–Kier alpha value is -1.56. The van der Waals surface area contributed by atoms with Crippen molar-refractivity contribution in [3.63, 3.8) is 0 Å². The fourth-order valence-corrected chi connectivity index (χ4v) is 3.38. The van der Waals surface area contributed by atoms with Gasteiger partial charge in [-0.3, -0.25) is 9.69 Å². The van der Waals surface area contributed by atoms with Crippen LogP contribution in [0.2, 0.25) is 5.02 Å². The molecule has 1 aliphatic heterocycles. The van der Waals surface area contributed by atoms with Crippen LogP contribution in [0, 0.1) is 0 Å². The van der Waals surface area contributed by atoms with Gasteiger partial charge in [0.05, 0.1) is 0 Å². The number of benzene rings is 2. The van der Waals surface area contributed by atoms with Gasteiger partial charge in [0.2, 0.25) is 0 Å². The third kappa shape index (κ3) is 5.73. The molecule has 0 atom stereocenters. The summed E-state index contributed by atoms with van der Waals surface area (Å²) in [4.78, 5) is 14.7. The number of amides is 1. The Morgan fingerprint density at radius 1 is 1.12 bits per heavy atom. The molecule has 0 aliphatic carbocycles. The summed E-state index contributed by atoms with van der Waals surface area (Å²) in [7, 11) is 0. The molecule has 0 bridgehead atoms. The van der Waals surface area contributed by atoms with E-state index in [2.05, 4.69) is 26.1 Å². The fraction of sp³-hybridized carbons (Fsp3) is 0.350. The number of carbonyl (C=O) groups excluding carboxylic acids is 1. The quantitative estimate of drug-likeness (QED) is 0.729. The summed E-state index contributed by atoms with van der Waals surface area (Å²) in [6.07, 6.45) is 1.92. The molecule has 138 valence electrons. The normalized spacial score (nSPS) is 15.6. The Kier molecular flexibility index (Phi) is 6.94. The van der Waals surface area contributed by atoms with Crippen molar-refractivity contribution in [2.24, 2.45) is 0 Å². The molecule has 1 amide bonds. The van der Waals surface area contributed by atoms with E-state index in [1.165, 1.54) is 0 Å². The van der Waals surface area contributed by atoms with Crippen molar-refractivity contribution in [1.29, 1.82) is 0 Å². The highest BCUT2D eigenvalue weighted by Crippen LogP contribution is 2.16. The number of likely N-dealkylation sites (tertiary alicyclic amines) is 1. The Morgan fingerprint density at radius 2 is 1.77 bits per heavy atom. The molecule has 1 fully saturated rings. The first-order valence-electron chi connectivity index (χ1n) is 8.77. The van der Waals surface area contributed by atoms with Crippen molar-refractivity contribution in [2.75, 3.05) is 26.2 Å². The van der Waals surface area contributed by atoms with Crippen LogP contribution in [0.3, 0.4) is 0 Å². The number of hydrogen-bond acceptors (Lipinski definition) is 3. The van der Waals surface area contributed by atoms with Crippen LogP contribution >= 0.6 is 27.5 Å². The molecule has 0 spiro atoms. The molecule has 0 unspecified atom stereocenters. The van der Waals surface area contributed by atoms with Gasteiger partial charge >= 0.3 is 0 Å². The van der Waals surface area contributed by atoms with Gasteiger partial charge in [-0.1, -0.05) is 27.5 Å². The molecule has 2 aromatic rings. The van der Waals surface area contributed by atoms with Crippen LogP contribution in [0.1, 0.15) is 23.2 Å². The molecule has 26 heavy (non-hydrogen) atoms. The van der Waals surface area contributed by atoms with E-state index in [0.29, 0.717) is 17.2 Å². The molecule has 4 nitrogen and oxygen atoms in total. The number of halogens is 2. The second-order valence-electron chi connectivity index (χ2n) is 6.40. The molecule has 6 heteroatoms. The van der Waals surface area contributed by atoms with Gasteiger partial charge in [0.1, 0.15) is 12.4 Å². The molecular weight excluding hydrogens is 416 g/mol. The van der Waals surface area contributed by atoms with Gasteiger partial charge in [-0.05, 0) is 61.4 Å². The van der Waals surface area contributed by atoms with E-state index in [1.807, 2.05) is 48.5 Å². The molecule has 1 heterocycles. The zero-order valence-electron chi connectivity index (χ0n) is 14.5. The Bertz CT molecular complexity index is 714. The summed E-state index contributed by atoms with van der Waals surface area (Å²) in [5, 5.41) is 3.85. The van der Waals surface area contributed by atoms with Crippen molar-refractivity contribution in [3.05, 3.63) is 63.6 Å². The molecule has 2 aromatic carbocycles.